The summed E-state index contributed by atoms with van der Waals surface area (Å²) in [5.74, 6) is 0. The monoisotopic (exact) mass is 330 g/mol. The smallest absolute Gasteiger partial charge is 0.336 e. The maximum atomic E-state index is 11.9. The molecule has 0 atom stereocenters. The SMILES string of the molecule is Cc1ccc(C[NH2+]Cc2cc(=O)oc3ccc4ccccc4c23)cc1. The van der Waals surface area contributed by atoms with Crippen LogP contribution in [0.1, 0.15) is 16.7 Å². The van der Waals surface area contributed by atoms with E-state index in [4.69, 9.17) is 4.42 Å². The molecule has 0 unspecified atom stereocenters. The average molecular weight is 330 g/mol. The van der Waals surface area contributed by atoms with Crippen LogP contribution in [0.15, 0.2) is 75.9 Å². The van der Waals surface area contributed by atoms with Crippen molar-refractivity contribution in [2.45, 2.75) is 20.0 Å². The molecule has 0 radical (unpaired) electrons. The lowest BCUT2D eigenvalue weighted by Crippen LogP contribution is -2.80. The summed E-state index contributed by atoms with van der Waals surface area (Å²) < 4.78 is 5.42. The van der Waals surface area contributed by atoms with Crippen LogP contribution < -0.4 is 10.9 Å². The maximum Gasteiger partial charge on any atom is 0.336 e. The quantitative estimate of drug-likeness (QED) is 0.460. The van der Waals surface area contributed by atoms with E-state index in [9.17, 15) is 4.79 Å². The van der Waals surface area contributed by atoms with Gasteiger partial charge in [-0.1, -0.05) is 60.2 Å². The lowest BCUT2D eigenvalue weighted by Gasteiger charge is -2.08. The van der Waals surface area contributed by atoms with E-state index in [-0.39, 0.29) is 5.63 Å². The van der Waals surface area contributed by atoms with Gasteiger partial charge in [-0.3, -0.25) is 0 Å². The second kappa shape index (κ2) is 6.54. The Kier molecular flexibility index (Phi) is 4.08. The Balaban J connectivity index is 1.69. The third-order valence-electron chi connectivity index (χ3n) is 4.58. The van der Waals surface area contributed by atoms with Crippen LogP contribution in [-0.2, 0) is 13.1 Å². The molecule has 0 fully saturated rings. The third-order valence-corrected chi connectivity index (χ3v) is 4.58. The molecule has 0 saturated heterocycles. The first kappa shape index (κ1) is 15.6. The predicted molar refractivity (Wildman–Crippen MR) is 101 cm³/mol. The zero-order valence-corrected chi connectivity index (χ0v) is 14.2. The molecule has 1 aromatic heterocycles. The molecule has 2 N–H and O–H groups in total. The van der Waals surface area contributed by atoms with Gasteiger partial charge >= 0.3 is 5.63 Å². The Labute approximate surface area is 145 Å². The molecule has 3 nitrogen and oxygen atoms in total. The predicted octanol–water partition coefficient (Wildman–Crippen LogP) is 3.52. The molecule has 0 bridgehead atoms. The van der Waals surface area contributed by atoms with Gasteiger partial charge in [-0.2, -0.15) is 0 Å². The molecule has 0 saturated carbocycles. The van der Waals surface area contributed by atoms with Crippen molar-refractivity contribution in [2.75, 3.05) is 0 Å². The van der Waals surface area contributed by atoms with Crippen LogP contribution in [0.3, 0.4) is 0 Å². The number of aryl methyl sites for hydroxylation is 1. The molecule has 0 aliphatic rings. The van der Waals surface area contributed by atoms with E-state index in [1.54, 1.807) is 6.07 Å². The van der Waals surface area contributed by atoms with Crippen LogP contribution in [0.2, 0.25) is 0 Å². The number of rotatable bonds is 4. The van der Waals surface area contributed by atoms with Crippen LogP contribution in [0, 0.1) is 6.92 Å². The molecule has 3 aromatic carbocycles. The van der Waals surface area contributed by atoms with Gasteiger partial charge in [0.15, 0.2) is 0 Å². The minimum absolute atomic E-state index is 0.290. The minimum Gasteiger partial charge on any atom is -0.423 e. The van der Waals surface area contributed by atoms with Crippen molar-refractivity contribution in [1.82, 2.24) is 0 Å². The second-order valence-electron chi connectivity index (χ2n) is 6.43. The average Bonchev–Trinajstić information content (AvgIpc) is 2.62. The summed E-state index contributed by atoms with van der Waals surface area (Å²) in [6.07, 6.45) is 0. The molecular formula is C22H20NO2+. The summed E-state index contributed by atoms with van der Waals surface area (Å²) in [4.78, 5) is 11.9. The maximum absolute atomic E-state index is 11.9. The van der Waals surface area contributed by atoms with Gasteiger partial charge in [-0.05, 0) is 23.8 Å². The first-order chi connectivity index (χ1) is 12.2. The molecule has 1 heterocycles. The summed E-state index contributed by atoms with van der Waals surface area (Å²) in [6, 6.07) is 22.3. The first-order valence-electron chi connectivity index (χ1n) is 8.52. The number of hydrogen-bond donors (Lipinski definition) is 1. The molecule has 4 aromatic rings. The molecule has 25 heavy (non-hydrogen) atoms. The van der Waals surface area contributed by atoms with Crippen molar-refractivity contribution in [3.05, 3.63) is 93.8 Å². The number of fused-ring (bicyclic) bond motifs is 3. The Morgan fingerprint density at radius 2 is 1.72 bits per heavy atom. The third kappa shape index (κ3) is 3.19. The second-order valence-corrected chi connectivity index (χ2v) is 6.43. The standard InChI is InChI=1S/C22H19NO2/c1-15-6-8-16(9-7-15)13-23-14-18-12-21(24)25-20-11-10-17-4-2-3-5-19(17)22(18)20/h2-12,23H,13-14H2,1H3/p+1. The summed E-state index contributed by atoms with van der Waals surface area (Å²) >= 11 is 0. The number of quaternary nitrogens is 1. The summed E-state index contributed by atoms with van der Waals surface area (Å²) in [5, 5.41) is 5.55. The lowest BCUT2D eigenvalue weighted by atomic mass is 10.0. The van der Waals surface area contributed by atoms with E-state index in [0.717, 1.165) is 34.8 Å². The minimum atomic E-state index is -0.290. The normalized spacial score (nSPS) is 11.2. The zero-order valence-electron chi connectivity index (χ0n) is 14.2. The fourth-order valence-electron chi connectivity index (χ4n) is 3.30. The van der Waals surface area contributed by atoms with Crippen molar-refractivity contribution >= 4 is 21.7 Å². The Bertz CT molecular complexity index is 1090. The van der Waals surface area contributed by atoms with E-state index in [1.165, 1.54) is 11.1 Å². The van der Waals surface area contributed by atoms with Gasteiger partial charge in [-0.25, -0.2) is 4.79 Å². The molecular weight excluding hydrogens is 310 g/mol. The van der Waals surface area contributed by atoms with Crippen LogP contribution in [-0.4, -0.2) is 0 Å². The highest BCUT2D eigenvalue weighted by atomic mass is 16.4. The fourth-order valence-corrected chi connectivity index (χ4v) is 3.30. The lowest BCUT2D eigenvalue weighted by molar-refractivity contribution is -0.686. The Hall–Kier alpha value is -2.91. The van der Waals surface area contributed by atoms with Crippen LogP contribution in [0.25, 0.3) is 21.7 Å². The molecule has 4 rings (SSSR count). The zero-order chi connectivity index (χ0) is 17.2. The highest BCUT2D eigenvalue weighted by Gasteiger charge is 2.10. The van der Waals surface area contributed by atoms with Crippen molar-refractivity contribution in [3.8, 4) is 0 Å². The highest BCUT2D eigenvalue weighted by Crippen LogP contribution is 2.26. The summed E-state index contributed by atoms with van der Waals surface area (Å²) in [5.41, 5.74) is 3.94. The van der Waals surface area contributed by atoms with Crippen molar-refractivity contribution in [3.63, 3.8) is 0 Å². The van der Waals surface area contributed by atoms with Crippen molar-refractivity contribution < 1.29 is 9.73 Å². The Morgan fingerprint density at radius 3 is 2.56 bits per heavy atom. The van der Waals surface area contributed by atoms with Crippen LogP contribution in [0.4, 0.5) is 0 Å². The van der Waals surface area contributed by atoms with Gasteiger partial charge in [0.05, 0.1) is 0 Å². The topological polar surface area (TPSA) is 46.8 Å². The van der Waals surface area contributed by atoms with E-state index in [1.807, 2.05) is 24.3 Å². The highest BCUT2D eigenvalue weighted by molar-refractivity contribution is 6.06. The van der Waals surface area contributed by atoms with E-state index in [0.29, 0.717) is 5.58 Å². The number of hydrogen-bond acceptors (Lipinski definition) is 2. The molecule has 124 valence electrons. The van der Waals surface area contributed by atoms with Gasteiger partial charge in [-0.15, -0.1) is 0 Å². The molecule has 0 spiro atoms. The van der Waals surface area contributed by atoms with E-state index in [2.05, 4.69) is 48.6 Å². The van der Waals surface area contributed by atoms with Gasteiger partial charge in [0.2, 0.25) is 0 Å². The van der Waals surface area contributed by atoms with E-state index >= 15 is 0 Å². The van der Waals surface area contributed by atoms with E-state index < -0.39 is 0 Å². The van der Waals surface area contributed by atoms with Crippen molar-refractivity contribution in [2.24, 2.45) is 0 Å². The largest absolute Gasteiger partial charge is 0.423 e. The molecule has 0 aliphatic carbocycles. The fraction of sp³-hybridized carbons (Fsp3) is 0.136. The molecule has 0 amide bonds. The van der Waals surface area contributed by atoms with Gasteiger partial charge in [0.1, 0.15) is 18.7 Å². The number of nitrogens with two attached hydrogens (primary N) is 1. The summed E-state index contributed by atoms with van der Waals surface area (Å²) in [6.45, 7) is 3.71. The van der Waals surface area contributed by atoms with Crippen LogP contribution in [0.5, 0.6) is 0 Å². The van der Waals surface area contributed by atoms with Gasteiger partial charge in [0, 0.05) is 22.6 Å². The molecule has 0 aliphatic heterocycles. The number of benzene rings is 3. The first-order valence-corrected chi connectivity index (χ1v) is 8.52. The summed E-state index contributed by atoms with van der Waals surface area (Å²) in [7, 11) is 0. The van der Waals surface area contributed by atoms with Gasteiger partial charge < -0.3 is 9.73 Å². The van der Waals surface area contributed by atoms with Crippen LogP contribution >= 0.6 is 0 Å². The molecule has 3 heteroatoms. The Morgan fingerprint density at radius 1 is 0.920 bits per heavy atom. The van der Waals surface area contributed by atoms with Gasteiger partial charge in [0.25, 0.3) is 0 Å². The van der Waals surface area contributed by atoms with Crippen molar-refractivity contribution in [1.29, 1.82) is 0 Å².